The molecule has 4 rings (SSSR count). The SMILES string of the molecule is O=C(NC(Cc1ccc(-c2ccc(C(F)(F)F)cc2)cc1)C(=O)O)c1ccc(-c2ccc(OC(F)(F)F)cc2)cc1. The number of carbonyl (C=O) groups excluding carboxylic acids is 1. The maximum absolute atomic E-state index is 12.8. The molecule has 0 aromatic heterocycles. The highest BCUT2D eigenvalue weighted by molar-refractivity contribution is 5.97. The zero-order valence-electron chi connectivity index (χ0n) is 21.0. The van der Waals surface area contributed by atoms with E-state index in [1.807, 2.05) is 0 Å². The number of hydrogen-bond donors (Lipinski definition) is 2. The van der Waals surface area contributed by atoms with Crippen LogP contribution >= 0.6 is 0 Å². The fraction of sp³-hybridized carbons (Fsp3) is 0.133. The quantitative estimate of drug-likeness (QED) is 0.216. The van der Waals surface area contributed by atoms with Crippen LogP contribution in [0.5, 0.6) is 5.75 Å². The van der Waals surface area contributed by atoms with E-state index in [0.29, 0.717) is 27.8 Å². The third-order valence-corrected chi connectivity index (χ3v) is 6.11. The van der Waals surface area contributed by atoms with Gasteiger partial charge in [0.1, 0.15) is 11.8 Å². The van der Waals surface area contributed by atoms with Crippen molar-refractivity contribution >= 4 is 11.9 Å². The third-order valence-electron chi connectivity index (χ3n) is 6.11. The van der Waals surface area contributed by atoms with Gasteiger partial charge in [0.15, 0.2) is 0 Å². The van der Waals surface area contributed by atoms with Crippen molar-refractivity contribution < 1.29 is 45.8 Å². The van der Waals surface area contributed by atoms with Gasteiger partial charge in [-0.3, -0.25) is 4.79 Å². The minimum atomic E-state index is -4.80. The van der Waals surface area contributed by atoms with E-state index in [-0.39, 0.29) is 17.7 Å². The highest BCUT2D eigenvalue weighted by Crippen LogP contribution is 2.31. The number of carbonyl (C=O) groups is 2. The molecule has 0 aliphatic rings. The van der Waals surface area contributed by atoms with Crippen LogP contribution in [-0.4, -0.2) is 29.4 Å². The van der Waals surface area contributed by atoms with Crippen molar-refractivity contribution in [2.45, 2.75) is 25.0 Å². The Bertz CT molecular complexity index is 1500. The molecule has 0 bridgehead atoms. The number of carboxylic acids is 1. The van der Waals surface area contributed by atoms with Crippen molar-refractivity contribution in [3.05, 3.63) is 114 Å². The number of amides is 1. The molecule has 0 fully saturated rings. The molecule has 0 aliphatic carbocycles. The van der Waals surface area contributed by atoms with Crippen LogP contribution in [0.3, 0.4) is 0 Å². The number of nitrogens with one attached hydrogen (secondary N) is 1. The number of hydrogen-bond acceptors (Lipinski definition) is 3. The lowest BCUT2D eigenvalue weighted by molar-refractivity contribution is -0.274. The van der Waals surface area contributed by atoms with Gasteiger partial charge in [-0.25, -0.2) is 4.79 Å². The summed E-state index contributed by atoms with van der Waals surface area (Å²) in [7, 11) is 0. The smallest absolute Gasteiger partial charge is 0.480 e. The maximum atomic E-state index is 12.8. The monoisotopic (exact) mass is 573 g/mol. The van der Waals surface area contributed by atoms with E-state index >= 15 is 0 Å². The van der Waals surface area contributed by atoms with E-state index in [1.165, 1.54) is 36.4 Å². The van der Waals surface area contributed by atoms with Crippen molar-refractivity contribution in [1.29, 1.82) is 0 Å². The molecule has 0 saturated carbocycles. The lowest BCUT2D eigenvalue weighted by Gasteiger charge is -2.15. The van der Waals surface area contributed by atoms with Crippen LogP contribution in [0.15, 0.2) is 97.1 Å². The second-order valence-corrected chi connectivity index (χ2v) is 8.99. The molecule has 0 radical (unpaired) electrons. The van der Waals surface area contributed by atoms with E-state index in [4.69, 9.17) is 0 Å². The molecule has 0 heterocycles. The Hall–Kier alpha value is -4.80. The van der Waals surface area contributed by atoms with Gasteiger partial charge >= 0.3 is 18.5 Å². The molecular weight excluding hydrogens is 552 g/mol. The predicted octanol–water partition coefficient (Wildman–Crippen LogP) is 7.36. The van der Waals surface area contributed by atoms with Gasteiger partial charge in [0.25, 0.3) is 5.91 Å². The first kappa shape index (κ1) is 29.2. The average molecular weight is 573 g/mol. The van der Waals surface area contributed by atoms with Crippen molar-refractivity contribution in [2.24, 2.45) is 0 Å². The molecular formula is C30H21F6NO4. The number of aliphatic carboxylic acids is 1. The average Bonchev–Trinajstić information content (AvgIpc) is 2.92. The van der Waals surface area contributed by atoms with Crippen molar-refractivity contribution in [3.63, 3.8) is 0 Å². The zero-order valence-corrected chi connectivity index (χ0v) is 21.0. The minimum absolute atomic E-state index is 0.0429. The number of ether oxygens (including phenoxy) is 1. The van der Waals surface area contributed by atoms with Crippen molar-refractivity contribution in [2.75, 3.05) is 0 Å². The Morgan fingerprint density at radius 2 is 1.12 bits per heavy atom. The van der Waals surface area contributed by atoms with Crippen molar-refractivity contribution in [1.82, 2.24) is 5.32 Å². The van der Waals surface area contributed by atoms with Crippen LogP contribution in [0.2, 0.25) is 0 Å². The fourth-order valence-corrected chi connectivity index (χ4v) is 4.03. The summed E-state index contributed by atoms with van der Waals surface area (Å²) in [4.78, 5) is 24.6. The minimum Gasteiger partial charge on any atom is -0.480 e. The largest absolute Gasteiger partial charge is 0.573 e. The Morgan fingerprint density at radius 3 is 1.56 bits per heavy atom. The van der Waals surface area contributed by atoms with Crippen LogP contribution in [0.1, 0.15) is 21.5 Å². The summed E-state index contributed by atoms with van der Waals surface area (Å²) >= 11 is 0. The van der Waals surface area contributed by atoms with Gasteiger partial charge in [-0.2, -0.15) is 13.2 Å². The summed E-state index contributed by atoms with van der Waals surface area (Å²) < 4.78 is 79.3. The van der Waals surface area contributed by atoms with E-state index in [9.17, 15) is 41.0 Å². The summed E-state index contributed by atoms with van der Waals surface area (Å²) in [5.74, 6) is -2.27. The number of carboxylic acid groups (broad SMARTS) is 1. The van der Waals surface area contributed by atoms with Crippen LogP contribution in [0.4, 0.5) is 26.3 Å². The fourth-order valence-electron chi connectivity index (χ4n) is 4.03. The first-order valence-electron chi connectivity index (χ1n) is 12.0. The molecule has 0 aliphatic heterocycles. The van der Waals surface area contributed by atoms with Crippen LogP contribution in [0, 0.1) is 0 Å². The van der Waals surface area contributed by atoms with Gasteiger partial charge in [-0.15, -0.1) is 13.2 Å². The standard InChI is InChI=1S/C30H21F6NO4/c31-29(32,33)24-13-9-21(10-14-24)19-3-1-18(2-4-19)17-26(28(39)40)37-27(38)23-7-5-20(6-8-23)22-11-15-25(16-12-22)41-30(34,35)36/h1-16,26H,17H2,(H,37,38)(H,39,40). The number of halogens is 6. The summed E-state index contributed by atoms with van der Waals surface area (Å²) in [6, 6.07) is 21.2. The van der Waals surface area contributed by atoms with Crippen LogP contribution in [-0.2, 0) is 17.4 Å². The van der Waals surface area contributed by atoms with E-state index in [1.54, 1.807) is 36.4 Å². The molecule has 212 valence electrons. The molecule has 1 amide bonds. The second-order valence-electron chi connectivity index (χ2n) is 8.99. The van der Waals surface area contributed by atoms with Gasteiger partial charge in [0.2, 0.25) is 0 Å². The Balaban J connectivity index is 1.39. The lowest BCUT2D eigenvalue weighted by atomic mass is 9.99. The molecule has 11 heteroatoms. The van der Waals surface area contributed by atoms with E-state index in [0.717, 1.165) is 24.3 Å². The lowest BCUT2D eigenvalue weighted by Crippen LogP contribution is -2.42. The summed E-state index contributed by atoms with van der Waals surface area (Å²) in [5, 5.41) is 12.1. The molecule has 1 unspecified atom stereocenters. The Kier molecular flexibility index (Phi) is 8.36. The summed E-state index contributed by atoms with van der Waals surface area (Å²) in [6.45, 7) is 0. The number of alkyl halides is 6. The molecule has 4 aromatic carbocycles. The first-order valence-corrected chi connectivity index (χ1v) is 12.0. The first-order chi connectivity index (χ1) is 19.3. The summed E-state index contributed by atoms with van der Waals surface area (Å²) in [5.41, 5.74) is 2.39. The Labute approximate surface area is 230 Å². The molecule has 1 atom stereocenters. The van der Waals surface area contributed by atoms with Gasteiger partial charge in [0, 0.05) is 12.0 Å². The molecule has 4 aromatic rings. The zero-order chi connectivity index (χ0) is 29.8. The summed E-state index contributed by atoms with van der Waals surface area (Å²) in [6.07, 6.45) is -9.28. The number of rotatable bonds is 8. The van der Waals surface area contributed by atoms with Crippen molar-refractivity contribution in [3.8, 4) is 28.0 Å². The van der Waals surface area contributed by atoms with Gasteiger partial charge in [-0.1, -0.05) is 60.7 Å². The topological polar surface area (TPSA) is 75.6 Å². The van der Waals surface area contributed by atoms with Gasteiger partial charge < -0.3 is 15.2 Å². The highest BCUT2D eigenvalue weighted by Gasteiger charge is 2.31. The number of benzene rings is 4. The van der Waals surface area contributed by atoms with Gasteiger partial charge in [-0.05, 0) is 64.2 Å². The third kappa shape index (κ3) is 7.87. The van der Waals surface area contributed by atoms with E-state index < -0.39 is 36.0 Å². The molecule has 2 N–H and O–H groups in total. The molecule has 0 saturated heterocycles. The van der Waals surface area contributed by atoms with Crippen LogP contribution in [0.25, 0.3) is 22.3 Å². The molecule has 0 spiro atoms. The molecule has 5 nitrogen and oxygen atoms in total. The normalized spacial score (nSPS) is 12.4. The highest BCUT2D eigenvalue weighted by atomic mass is 19.4. The van der Waals surface area contributed by atoms with Gasteiger partial charge in [0.05, 0.1) is 5.56 Å². The second kappa shape index (κ2) is 11.7. The molecule has 41 heavy (non-hydrogen) atoms. The predicted molar refractivity (Wildman–Crippen MR) is 138 cm³/mol. The maximum Gasteiger partial charge on any atom is 0.573 e. The van der Waals surface area contributed by atoms with Crippen LogP contribution < -0.4 is 10.1 Å². The Morgan fingerprint density at radius 1 is 0.683 bits per heavy atom. The van der Waals surface area contributed by atoms with E-state index in [2.05, 4.69) is 10.1 Å².